The van der Waals surface area contributed by atoms with Crippen LogP contribution < -0.4 is 0 Å². The number of aromatic nitrogens is 2. The standard InChI is InChI=1S/C15H16F3N3O/c1-2-20(10-7-8-10)13(22)9-21-12-6-4-3-5-11(12)19-14(21)15(16,17)18/h3-6,10H,2,7-9H2,1H3. The molecule has 0 unspecified atom stereocenters. The third-order valence-electron chi connectivity index (χ3n) is 3.85. The van der Waals surface area contributed by atoms with Crippen LogP contribution in [0.25, 0.3) is 11.0 Å². The molecule has 0 radical (unpaired) electrons. The Morgan fingerprint density at radius 1 is 1.36 bits per heavy atom. The van der Waals surface area contributed by atoms with Gasteiger partial charge in [-0.2, -0.15) is 13.2 Å². The SMILES string of the molecule is CCN(C(=O)Cn1c(C(F)(F)F)nc2ccccc21)C1CC1. The highest BCUT2D eigenvalue weighted by Gasteiger charge is 2.39. The van der Waals surface area contributed by atoms with Crippen molar-refractivity contribution in [1.82, 2.24) is 14.5 Å². The number of amides is 1. The highest BCUT2D eigenvalue weighted by Crippen LogP contribution is 2.32. The van der Waals surface area contributed by atoms with Crippen molar-refractivity contribution in [3.63, 3.8) is 0 Å². The number of likely N-dealkylation sites (N-methyl/N-ethyl adjacent to an activating group) is 1. The lowest BCUT2D eigenvalue weighted by molar-refractivity contribution is -0.148. The Hall–Kier alpha value is -2.05. The molecule has 1 saturated carbocycles. The van der Waals surface area contributed by atoms with Crippen molar-refractivity contribution in [1.29, 1.82) is 0 Å². The molecular weight excluding hydrogens is 295 g/mol. The first-order valence-corrected chi connectivity index (χ1v) is 7.23. The fraction of sp³-hybridized carbons (Fsp3) is 0.467. The Labute approximate surface area is 125 Å². The molecule has 1 fully saturated rings. The second-order valence-electron chi connectivity index (χ2n) is 5.42. The Morgan fingerprint density at radius 3 is 2.64 bits per heavy atom. The number of hydrogen-bond donors (Lipinski definition) is 0. The van der Waals surface area contributed by atoms with Crippen LogP contribution in [0.15, 0.2) is 24.3 Å². The summed E-state index contributed by atoms with van der Waals surface area (Å²) in [7, 11) is 0. The number of imidazole rings is 1. The van der Waals surface area contributed by atoms with Gasteiger partial charge >= 0.3 is 6.18 Å². The maximum absolute atomic E-state index is 13.2. The zero-order valence-corrected chi connectivity index (χ0v) is 12.1. The van der Waals surface area contributed by atoms with E-state index in [2.05, 4.69) is 4.98 Å². The number of nitrogens with zero attached hydrogens (tertiary/aromatic N) is 3. The van der Waals surface area contributed by atoms with Gasteiger partial charge < -0.3 is 9.47 Å². The molecule has 3 rings (SSSR count). The van der Waals surface area contributed by atoms with Gasteiger partial charge in [-0.3, -0.25) is 4.79 Å². The van der Waals surface area contributed by atoms with Crippen LogP contribution in [0.1, 0.15) is 25.6 Å². The summed E-state index contributed by atoms with van der Waals surface area (Å²) < 4.78 is 40.5. The molecule has 1 amide bonds. The average Bonchev–Trinajstić information content (AvgIpc) is 3.21. The van der Waals surface area contributed by atoms with Crippen molar-refractivity contribution in [2.24, 2.45) is 0 Å². The lowest BCUT2D eigenvalue weighted by Gasteiger charge is -2.21. The summed E-state index contributed by atoms with van der Waals surface area (Å²) >= 11 is 0. The molecule has 0 spiro atoms. The summed E-state index contributed by atoms with van der Waals surface area (Å²) in [6, 6.07) is 6.53. The van der Waals surface area contributed by atoms with Crippen LogP contribution in [0.4, 0.5) is 13.2 Å². The van der Waals surface area contributed by atoms with Gasteiger partial charge in [0.25, 0.3) is 0 Å². The highest BCUT2D eigenvalue weighted by atomic mass is 19.4. The fourth-order valence-electron chi connectivity index (χ4n) is 2.70. The van der Waals surface area contributed by atoms with Gasteiger partial charge in [-0.05, 0) is 31.9 Å². The van der Waals surface area contributed by atoms with Crippen LogP contribution >= 0.6 is 0 Å². The van der Waals surface area contributed by atoms with E-state index in [4.69, 9.17) is 0 Å². The first kappa shape index (κ1) is 14.9. The zero-order chi connectivity index (χ0) is 15.9. The summed E-state index contributed by atoms with van der Waals surface area (Å²) in [6.07, 6.45) is -2.73. The van der Waals surface area contributed by atoms with E-state index in [0.29, 0.717) is 12.1 Å². The van der Waals surface area contributed by atoms with Gasteiger partial charge in [0.1, 0.15) is 6.54 Å². The van der Waals surface area contributed by atoms with E-state index in [1.54, 1.807) is 23.1 Å². The molecule has 22 heavy (non-hydrogen) atoms. The molecule has 1 heterocycles. The Bertz CT molecular complexity index is 704. The van der Waals surface area contributed by atoms with Crippen LogP contribution in [0.5, 0.6) is 0 Å². The average molecular weight is 311 g/mol. The molecule has 1 aromatic heterocycles. The molecule has 0 aliphatic heterocycles. The van der Waals surface area contributed by atoms with E-state index in [1.165, 1.54) is 6.07 Å². The molecule has 1 aliphatic rings. The number of fused-ring (bicyclic) bond motifs is 1. The lowest BCUT2D eigenvalue weighted by Crippen LogP contribution is -2.36. The van der Waals surface area contributed by atoms with Gasteiger partial charge in [-0.1, -0.05) is 12.1 Å². The van der Waals surface area contributed by atoms with E-state index in [9.17, 15) is 18.0 Å². The van der Waals surface area contributed by atoms with Crippen LogP contribution in [-0.2, 0) is 17.5 Å². The molecule has 0 N–H and O–H groups in total. The van der Waals surface area contributed by atoms with Crippen molar-refractivity contribution in [3.05, 3.63) is 30.1 Å². The lowest BCUT2D eigenvalue weighted by atomic mass is 10.3. The number of para-hydroxylation sites is 2. The van der Waals surface area contributed by atoms with Gasteiger partial charge in [0, 0.05) is 12.6 Å². The smallest absolute Gasteiger partial charge is 0.338 e. The normalized spacial score (nSPS) is 15.3. The fourth-order valence-corrected chi connectivity index (χ4v) is 2.70. The molecule has 1 aliphatic carbocycles. The molecule has 0 saturated heterocycles. The molecule has 2 aromatic rings. The number of rotatable bonds is 4. The maximum atomic E-state index is 13.2. The van der Waals surface area contributed by atoms with Crippen molar-refractivity contribution in [3.8, 4) is 0 Å². The number of benzene rings is 1. The predicted molar refractivity (Wildman–Crippen MR) is 75.1 cm³/mol. The molecular formula is C15H16F3N3O. The van der Waals surface area contributed by atoms with Crippen LogP contribution in [-0.4, -0.2) is 32.9 Å². The summed E-state index contributed by atoms with van der Waals surface area (Å²) in [6.45, 7) is 2.02. The molecule has 4 nitrogen and oxygen atoms in total. The summed E-state index contributed by atoms with van der Waals surface area (Å²) in [5.41, 5.74) is 0.576. The van der Waals surface area contributed by atoms with Crippen molar-refractivity contribution in [2.75, 3.05) is 6.54 Å². The van der Waals surface area contributed by atoms with Crippen molar-refractivity contribution in [2.45, 2.75) is 38.5 Å². The number of carbonyl (C=O) groups is 1. The molecule has 0 atom stereocenters. The van der Waals surface area contributed by atoms with Gasteiger partial charge in [0.05, 0.1) is 11.0 Å². The number of halogens is 3. The predicted octanol–water partition coefficient (Wildman–Crippen LogP) is 3.07. The molecule has 7 heteroatoms. The van der Waals surface area contributed by atoms with E-state index in [-0.39, 0.29) is 24.0 Å². The third-order valence-corrected chi connectivity index (χ3v) is 3.85. The minimum absolute atomic E-state index is 0.182. The first-order valence-electron chi connectivity index (χ1n) is 7.23. The van der Waals surface area contributed by atoms with E-state index >= 15 is 0 Å². The Kier molecular flexibility index (Phi) is 3.58. The van der Waals surface area contributed by atoms with Crippen molar-refractivity contribution < 1.29 is 18.0 Å². The minimum atomic E-state index is -4.59. The topological polar surface area (TPSA) is 38.1 Å². The summed E-state index contributed by atoms with van der Waals surface area (Å²) in [4.78, 5) is 17.7. The Balaban J connectivity index is 1.99. The second-order valence-corrected chi connectivity index (χ2v) is 5.42. The monoisotopic (exact) mass is 311 g/mol. The van der Waals surface area contributed by atoms with Gasteiger partial charge in [-0.15, -0.1) is 0 Å². The summed E-state index contributed by atoms with van der Waals surface area (Å²) in [5, 5.41) is 0. The van der Waals surface area contributed by atoms with Crippen LogP contribution in [0.2, 0.25) is 0 Å². The first-order chi connectivity index (χ1) is 10.4. The van der Waals surface area contributed by atoms with Crippen LogP contribution in [0.3, 0.4) is 0 Å². The minimum Gasteiger partial charge on any atom is -0.338 e. The zero-order valence-electron chi connectivity index (χ0n) is 12.1. The number of hydrogen-bond acceptors (Lipinski definition) is 2. The number of carbonyl (C=O) groups excluding carboxylic acids is 1. The van der Waals surface area contributed by atoms with Gasteiger partial charge in [0.15, 0.2) is 0 Å². The van der Waals surface area contributed by atoms with E-state index in [1.807, 2.05) is 6.92 Å². The second kappa shape index (κ2) is 5.30. The highest BCUT2D eigenvalue weighted by molar-refractivity contribution is 5.81. The molecule has 118 valence electrons. The largest absolute Gasteiger partial charge is 0.449 e. The summed E-state index contributed by atoms with van der Waals surface area (Å²) in [5.74, 6) is -1.31. The maximum Gasteiger partial charge on any atom is 0.449 e. The van der Waals surface area contributed by atoms with Crippen LogP contribution in [0, 0.1) is 0 Å². The number of alkyl halides is 3. The van der Waals surface area contributed by atoms with E-state index < -0.39 is 12.0 Å². The van der Waals surface area contributed by atoms with Crippen molar-refractivity contribution >= 4 is 16.9 Å². The van der Waals surface area contributed by atoms with Gasteiger partial charge in [-0.25, -0.2) is 4.98 Å². The van der Waals surface area contributed by atoms with Gasteiger partial charge in [0.2, 0.25) is 11.7 Å². The third kappa shape index (κ3) is 2.67. The Morgan fingerprint density at radius 2 is 2.05 bits per heavy atom. The van der Waals surface area contributed by atoms with E-state index in [0.717, 1.165) is 17.4 Å². The molecule has 0 bridgehead atoms. The molecule has 1 aromatic carbocycles. The quantitative estimate of drug-likeness (QED) is 0.870.